The number of hydrogen-bond donors (Lipinski definition) is 2. The average Bonchev–Trinajstić information content (AvgIpc) is 3.08. The van der Waals surface area contributed by atoms with E-state index >= 15 is 0 Å². The molecule has 1 aromatic heterocycles. The lowest BCUT2D eigenvalue weighted by Gasteiger charge is -2.10. The smallest absolute Gasteiger partial charge is 0.242 e. The van der Waals surface area contributed by atoms with Crippen molar-refractivity contribution in [3.05, 3.63) is 6.33 Å². The molecular formula is C11H18N4O. The zero-order valence-corrected chi connectivity index (χ0v) is 9.57. The molecule has 0 radical (unpaired) electrons. The van der Waals surface area contributed by atoms with Gasteiger partial charge in [-0.25, -0.2) is 4.98 Å². The van der Waals surface area contributed by atoms with Crippen LogP contribution < -0.4 is 15.8 Å². The van der Waals surface area contributed by atoms with Crippen molar-refractivity contribution in [2.24, 2.45) is 5.92 Å². The number of nitrogens with zero attached hydrogens (tertiary/aromatic N) is 2. The van der Waals surface area contributed by atoms with Gasteiger partial charge in [0, 0.05) is 6.54 Å². The molecule has 88 valence electrons. The maximum Gasteiger partial charge on any atom is 0.242 e. The van der Waals surface area contributed by atoms with Crippen molar-refractivity contribution >= 4 is 11.5 Å². The highest BCUT2D eigenvalue weighted by Crippen LogP contribution is 2.32. The third-order valence-electron chi connectivity index (χ3n) is 2.67. The molecule has 1 saturated carbocycles. The van der Waals surface area contributed by atoms with Gasteiger partial charge in [0.15, 0.2) is 5.82 Å². The van der Waals surface area contributed by atoms with E-state index in [2.05, 4.69) is 15.3 Å². The van der Waals surface area contributed by atoms with Gasteiger partial charge < -0.3 is 15.8 Å². The topological polar surface area (TPSA) is 73.1 Å². The van der Waals surface area contributed by atoms with Crippen molar-refractivity contribution in [2.75, 3.05) is 24.2 Å². The van der Waals surface area contributed by atoms with E-state index in [1.54, 1.807) is 0 Å². The molecule has 5 nitrogen and oxygen atoms in total. The Morgan fingerprint density at radius 2 is 2.31 bits per heavy atom. The summed E-state index contributed by atoms with van der Waals surface area (Å²) in [5.74, 6) is 2.05. The summed E-state index contributed by atoms with van der Waals surface area (Å²) in [4.78, 5) is 8.10. The highest BCUT2D eigenvalue weighted by atomic mass is 16.5. The SMILES string of the molecule is CCOc1ncnc(NCCC2CC2)c1N. The second-order valence-electron chi connectivity index (χ2n) is 4.03. The zero-order chi connectivity index (χ0) is 11.4. The fourth-order valence-corrected chi connectivity index (χ4v) is 1.57. The molecule has 2 rings (SSSR count). The second kappa shape index (κ2) is 5.01. The molecule has 0 spiro atoms. The normalized spacial score (nSPS) is 14.8. The Kier molecular flexibility index (Phi) is 3.44. The Balaban J connectivity index is 1.93. The van der Waals surface area contributed by atoms with Crippen LogP contribution in [0.4, 0.5) is 11.5 Å². The molecule has 0 bridgehead atoms. The minimum absolute atomic E-state index is 0.464. The largest absolute Gasteiger partial charge is 0.476 e. The molecule has 0 saturated heterocycles. The van der Waals surface area contributed by atoms with Crippen LogP contribution in [0, 0.1) is 5.92 Å². The summed E-state index contributed by atoms with van der Waals surface area (Å²) in [5.41, 5.74) is 6.39. The lowest BCUT2D eigenvalue weighted by atomic mass is 10.3. The summed E-state index contributed by atoms with van der Waals surface area (Å²) in [6, 6.07) is 0. The highest BCUT2D eigenvalue weighted by molar-refractivity contribution is 5.66. The van der Waals surface area contributed by atoms with E-state index in [-0.39, 0.29) is 0 Å². The molecule has 3 N–H and O–H groups in total. The Hall–Kier alpha value is -1.52. The molecule has 1 aliphatic carbocycles. The summed E-state index contributed by atoms with van der Waals surface area (Å²) in [5, 5.41) is 3.23. The number of hydrogen-bond acceptors (Lipinski definition) is 5. The van der Waals surface area contributed by atoms with Crippen LogP contribution >= 0.6 is 0 Å². The summed E-state index contributed by atoms with van der Waals surface area (Å²) in [7, 11) is 0. The number of nitrogens with two attached hydrogens (primary N) is 1. The fraction of sp³-hybridized carbons (Fsp3) is 0.636. The summed E-state index contributed by atoms with van der Waals surface area (Å²) in [6.07, 6.45) is 5.39. The van der Waals surface area contributed by atoms with Gasteiger partial charge >= 0.3 is 0 Å². The molecular weight excluding hydrogens is 204 g/mol. The maximum atomic E-state index is 5.89. The molecule has 0 aliphatic heterocycles. The minimum Gasteiger partial charge on any atom is -0.476 e. The second-order valence-corrected chi connectivity index (χ2v) is 4.03. The van der Waals surface area contributed by atoms with Gasteiger partial charge in [-0.2, -0.15) is 4.98 Å². The van der Waals surface area contributed by atoms with E-state index in [4.69, 9.17) is 10.5 Å². The Labute approximate surface area is 95.4 Å². The summed E-state index contributed by atoms with van der Waals surface area (Å²) >= 11 is 0. The van der Waals surface area contributed by atoms with E-state index in [9.17, 15) is 0 Å². The molecule has 1 aliphatic rings. The van der Waals surface area contributed by atoms with E-state index in [0.717, 1.165) is 12.5 Å². The first kappa shape index (κ1) is 11.0. The molecule has 0 amide bonds. The van der Waals surface area contributed by atoms with Crippen LogP contribution in [0.3, 0.4) is 0 Å². The predicted octanol–water partition coefficient (Wildman–Crippen LogP) is 1.67. The van der Waals surface area contributed by atoms with Gasteiger partial charge in [-0.1, -0.05) is 12.8 Å². The third kappa shape index (κ3) is 2.74. The Bertz CT molecular complexity index is 352. The van der Waals surface area contributed by atoms with Gasteiger partial charge in [-0.3, -0.25) is 0 Å². The number of aromatic nitrogens is 2. The van der Waals surface area contributed by atoms with Crippen LogP contribution in [0.25, 0.3) is 0 Å². The molecule has 16 heavy (non-hydrogen) atoms. The average molecular weight is 222 g/mol. The molecule has 0 atom stereocenters. The molecule has 1 fully saturated rings. The minimum atomic E-state index is 0.464. The third-order valence-corrected chi connectivity index (χ3v) is 2.67. The lowest BCUT2D eigenvalue weighted by molar-refractivity contribution is 0.328. The maximum absolute atomic E-state index is 5.89. The van der Waals surface area contributed by atoms with Crippen molar-refractivity contribution in [3.63, 3.8) is 0 Å². The number of ether oxygens (including phenoxy) is 1. The summed E-state index contributed by atoms with van der Waals surface area (Å²) in [6.45, 7) is 3.38. The quantitative estimate of drug-likeness (QED) is 0.766. The van der Waals surface area contributed by atoms with E-state index in [0.29, 0.717) is 24.0 Å². The molecule has 1 heterocycles. The first-order valence-corrected chi connectivity index (χ1v) is 5.78. The van der Waals surface area contributed by atoms with Crippen molar-refractivity contribution in [3.8, 4) is 5.88 Å². The van der Waals surface area contributed by atoms with Crippen molar-refractivity contribution in [2.45, 2.75) is 26.2 Å². The molecule has 0 aromatic carbocycles. The first-order chi connectivity index (χ1) is 7.81. The monoisotopic (exact) mass is 222 g/mol. The van der Waals surface area contributed by atoms with E-state index < -0.39 is 0 Å². The highest BCUT2D eigenvalue weighted by Gasteiger charge is 2.20. The number of anilines is 2. The van der Waals surface area contributed by atoms with Crippen LogP contribution in [0.1, 0.15) is 26.2 Å². The van der Waals surface area contributed by atoms with Crippen molar-refractivity contribution < 1.29 is 4.74 Å². The van der Waals surface area contributed by atoms with Gasteiger partial charge in [0.2, 0.25) is 5.88 Å². The van der Waals surface area contributed by atoms with Gasteiger partial charge in [0.1, 0.15) is 12.0 Å². The molecule has 1 aromatic rings. The number of nitrogen functional groups attached to an aromatic ring is 1. The van der Waals surface area contributed by atoms with Gasteiger partial charge in [-0.15, -0.1) is 0 Å². The molecule has 0 unspecified atom stereocenters. The standard InChI is InChI=1S/C11H18N4O/c1-2-16-11-9(12)10(14-7-15-11)13-6-5-8-3-4-8/h7-8H,2-6,12H2,1H3,(H,13,14,15). The lowest BCUT2D eigenvalue weighted by Crippen LogP contribution is -2.09. The first-order valence-electron chi connectivity index (χ1n) is 5.78. The van der Waals surface area contributed by atoms with Crippen LogP contribution in [-0.2, 0) is 0 Å². The van der Waals surface area contributed by atoms with Gasteiger partial charge in [0.05, 0.1) is 6.61 Å². The van der Waals surface area contributed by atoms with Gasteiger partial charge in [-0.05, 0) is 19.3 Å². The van der Waals surface area contributed by atoms with E-state index in [1.807, 2.05) is 6.92 Å². The van der Waals surface area contributed by atoms with Crippen LogP contribution in [0.2, 0.25) is 0 Å². The predicted molar refractivity (Wildman–Crippen MR) is 63.4 cm³/mol. The Morgan fingerprint density at radius 1 is 1.50 bits per heavy atom. The van der Waals surface area contributed by atoms with Crippen LogP contribution in [-0.4, -0.2) is 23.1 Å². The zero-order valence-electron chi connectivity index (χ0n) is 9.57. The number of nitrogens with one attached hydrogen (secondary N) is 1. The van der Waals surface area contributed by atoms with Crippen LogP contribution in [0.15, 0.2) is 6.33 Å². The fourth-order valence-electron chi connectivity index (χ4n) is 1.57. The van der Waals surface area contributed by atoms with Gasteiger partial charge in [0.25, 0.3) is 0 Å². The van der Waals surface area contributed by atoms with Crippen molar-refractivity contribution in [1.29, 1.82) is 0 Å². The Morgan fingerprint density at radius 3 is 3.00 bits per heavy atom. The van der Waals surface area contributed by atoms with Crippen molar-refractivity contribution in [1.82, 2.24) is 9.97 Å². The van der Waals surface area contributed by atoms with Crippen LogP contribution in [0.5, 0.6) is 5.88 Å². The summed E-state index contributed by atoms with van der Waals surface area (Å²) < 4.78 is 5.30. The number of rotatable bonds is 6. The molecule has 5 heteroatoms. The van der Waals surface area contributed by atoms with E-state index in [1.165, 1.54) is 25.6 Å².